The molecule has 1 atom stereocenters. The summed E-state index contributed by atoms with van der Waals surface area (Å²) in [6.45, 7) is 2.06. The van der Waals surface area contributed by atoms with Crippen LogP contribution >= 0.6 is 0 Å². The number of rotatable bonds is 4. The molecule has 3 rings (SSSR count). The van der Waals surface area contributed by atoms with E-state index in [0.29, 0.717) is 13.1 Å². The number of likely N-dealkylation sites (tertiary alicyclic amines) is 1. The fourth-order valence-corrected chi connectivity index (χ4v) is 2.95. The number of nitrogens with one attached hydrogen (secondary N) is 2. The molecule has 1 aromatic rings. The van der Waals surface area contributed by atoms with Crippen molar-refractivity contribution in [3.8, 4) is 0 Å². The van der Waals surface area contributed by atoms with Crippen molar-refractivity contribution in [1.29, 1.82) is 0 Å². The number of H-pyrrole nitrogens is 1. The Morgan fingerprint density at radius 3 is 3.10 bits per heavy atom. The minimum atomic E-state index is -0.125. The van der Waals surface area contributed by atoms with Crippen molar-refractivity contribution in [3.63, 3.8) is 0 Å². The second-order valence-corrected chi connectivity index (χ2v) is 5.70. The fourth-order valence-electron chi connectivity index (χ4n) is 2.95. The lowest BCUT2D eigenvalue weighted by molar-refractivity contribution is -0.0678. The first kappa shape index (κ1) is 13.4. The highest BCUT2D eigenvalue weighted by molar-refractivity contribution is 5.74. The number of nitrogens with zero attached hydrogens (tertiary/aromatic N) is 3. The molecule has 1 saturated heterocycles. The van der Waals surface area contributed by atoms with E-state index < -0.39 is 0 Å². The van der Waals surface area contributed by atoms with Gasteiger partial charge in [-0.25, -0.2) is 9.78 Å². The standard InChI is InChI=1S/C13H21N5O2/c1-20-13(4-2-5-13)8-14-12(19)18-6-3-10(7-18)11-15-9-16-17-11/h9-10H,2-8H2,1H3,(H,14,19)(H,15,16,17). The number of urea groups is 1. The third-order valence-corrected chi connectivity index (χ3v) is 4.56. The summed E-state index contributed by atoms with van der Waals surface area (Å²) in [6, 6.07) is -0.00431. The van der Waals surface area contributed by atoms with Crippen LogP contribution in [-0.4, -0.2) is 58.5 Å². The number of aromatic nitrogens is 3. The second-order valence-electron chi connectivity index (χ2n) is 5.70. The van der Waals surface area contributed by atoms with E-state index in [4.69, 9.17) is 4.74 Å². The summed E-state index contributed by atoms with van der Waals surface area (Å²) in [7, 11) is 1.72. The molecule has 1 unspecified atom stereocenters. The molecule has 2 aliphatic rings. The van der Waals surface area contributed by atoms with Crippen molar-refractivity contribution >= 4 is 6.03 Å². The van der Waals surface area contributed by atoms with Crippen LogP contribution in [0, 0.1) is 0 Å². The molecule has 0 radical (unpaired) electrons. The van der Waals surface area contributed by atoms with Crippen molar-refractivity contribution < 1.29 is 9.53 Å². The average Bonchev–Trinajstić information content (AvgIpc) is 3.08. The van der Waals surface area contributed by atoms with Crippen LogP contribution in [-0.2, 0) is 4.74 Å². The number of amides is 2. The summed E-state index contributed by atoms with van der Waals surface area (Å²) >= 11 is 0. The fraction of sp³-hybridized carbons (Fsp3) is 0.769. The van der Waals surface area contributed by atoms with E-state index in [1.165, 1.54) is 12.7 Å². The highest BCUT2D eigenvalue weighted by Gasteiger charge is 2.38. The summed E-state index contributed by atoms with van der Waals surface area (Å²) in [5.41, 5.74) is -0.125. The van der Waals surface area contributed by atoms with Gasteiger partial charge in [0.1, 0.15) is 12.2 Å². The van der Waals surface area contributed by atoms with Gasteiger partial charge in [-0.2, -0.15) is 5.10 Å². The topological polar surface area (TPSA) is 83.1 Å². The van der Waals surface area contributed by atoms with E-state index in [-0.39, 0.29) is 17.6 Å². The average molecular weight is 279 g/mol. The van der Waals surface area contributed by atoms with E-state index in [1.807, 2.05) is 4.90 Å². The molecule has 110 valence electrons. The van der Waals surface area contributed by atoms with Gasteiger partial charge in [-0.3, -0.25) is 5.10 Å². The Bertz CT molecular complexity index is 452. The zero-order valence-electron chi connectivity index (χ0n) is 11.8. The largest absolute Gasteiger partial charge is 0.376 e. The van der Waals surface area contributed by atoms with Gasteiger partial charge in [0.05, 0.1) is 5.60 Å². The lowest BCUT2D eigenvalue weighted by Gasteiger charge is -2.40. The molecule has 2 heterocycles. The van der Waals surface area contributed by atoms with Crippen molar-refractivity contribution in [1.82, 2.24) is 25.4 Å². The highest BCUT2D eigenvalue weighted by atomic mass is 16.5. The maximum absolute atomic E-state index is 12.2. The molecule has 1 aromatic heterocycles. The molecule has 2 fully saturated rings. The van der Waals surface area contributed by atoms with E-state index in [0.717, 1.165) is 31.6 Å². The van der Waals surface area contributed by atoms with Gasteiger partial charge < -0.3 is 15.0 Å². The molecule has 7 heteroatoms. The summed E-state index contributed by atoms with van der Waals surface area (Å²) in [5.74, 6) is 1.14. The Morgan fingerprint density at radius 2 is 2.50 bits per heavy atom. The number of carbonyl (C=O) groups excluding carboxylic acids is 1. The van der Waals surface area contributed by atoms with Crippen LogP contribution in [0.25, 0.3) is 0 Å². The summed E-state index contributed by atoms with van der Waals surface area (Å²) in [4.78, 5) is 18.2. The summed E-state index contributed by atoms with van der Waals surface area (Å²) < 4.78 is 5.51. The molecule has 1 saturated carbocycles. The molecule has 0 spiro atoms. The maximum Gasteiger partial charge on any atom is 0.317 e. The smallest absolute Gasteiger partial charge is 0.317 e. The van der Waals surface area contributed by atoms with Crippen LogP contribution in [0.1, 0.15) is 37.4 Å². The van der Waals surface area contributed by atoms with Gasteiger partial charge in [-0.05, 0) is 25.7 Å². The number of aromatic amines is 1. The second kappa shape index (κ2) is 5.40. The van der Waals surface area contributed by atoms with E-state index in [2.05, 4.69) is 20.5 Å². The van der Waals surface area contributed by atoms with E-state index in [1.54, 1.807) is 7.11 Å². The summed E-state index contributed by atoms with van der Waals surface area (Å²) in [6.07, 6.45) is 5.69. The Hall–Kier alpha value is -1.63. The number of methoxy groups -OCH3 is 1. The lowest BCUT2D eigenvalue weighted by atomic mass is 9.80. The van der Waals surface area contributed by atoms with Gasteiger partial charge in [0, 0.05) is 32.7 Å². The predicted octanol–water partition coefficient (Wildman–Crippen LogP) is 0.873. The zero-order chi connectivity index (χ0) is 14.0. The highest BCUT2D eigenvalue weighted by Crippen LogP contribution is 2.34. The van der Waals surface area contributed by atoms with Crippen molar-refractivity contribution in [2.75, 3.05) is 26.7 Å². The molecule has 7 nitrogen and oxygen atoms in total. The first-order valence-corrected chi connectivity index (χ1v) is 7.16. The Balaban J connectivity index is 1.49. The van der Waals surface area contributed by atoms with Crippen LogP contribution in [0.2, 0.25) is 0 Å². The predicted molar refractivity (Wildman–Crippen MR) is 72.3 cm³/mol. The first-order valence-electron chi connectivity index (χ1n) is 7.16. The van der Waals surface area contributed by atoms with Crippen LogP contribution < -0.4 is 5.32 Å². The molecular weight excluding hydrogens is 258 g/mol. The Kier molecular flexibility index (Phi) is 3.60. The van der Waals surface area contributed by atoms with Gasteiger partial charge in [-0.15, -0.1) is 0 Å². The van der Waals surface area contributed by atoms with Gasteiger partial charge >= 0.3 is 6.03 Å². The van der Waals surface area contributed by atoms with Crippen LogP contribution in [0.3, 0.4) is 0 Å². The molecule has 20 heavy (non-hydrogen) atoms. The molecule has 0 aromatic carbocycles. The van der Waals surface area contributed by atoms with E-state index in [9.17, 15) is 4.79 Å². The van der Waals surface area contributed by atoms with Gasteiger partial charge in [0.2, 0.25) is 0 Å². The normalized spacial score (nSPS) is 24.4. The number of hydrogen-bond acceptors (Lipinski definition) is 4. The molecule has 0 bridgehead atoms. The Labute approximate surface area is 118 Å². The molecule has 1 aliphatic carbocycles. The Morgan fingerprint density at radius 1 is 1.65 bits per heavy atom. The van der Waals surface area contributed by atoms with Crippen molar-refractivity contribution in [3.05, 3.63) is 12.2 Å². The molecule has 1 aliphatic heterocycles. The van der Waals surface area contributed by atoms with Crippen molar-refractivity contribution in [2.24, 2.45) is 0 Å². The SMILES string of the molecule is COC1(CNC(=O)N2CCC(c3ncn[nH]3)C2)CCC1. The van der Waals surface area contributed by atoms with E-state index >= 15 is 0 Å². The van der Waals surface area contributed by atoms with Gasteiger partial charge in [-0.1, -0.05) is 0 Å². The minimum Gasteiger partial charge on any atom is -0.376 e. The van der Waals surface area contributed by atoms with Crippen molar-refractivity contribution in [2.45, 2.75) is 37.2 Å². The zero-order valence-corrected chi connectivity index (χ0v) is 11.8. The van der Waals surface area contributed by atoms with Crippen LogP contribution in [0.15, 0.2) is 6.33 Å². The number of carbonyl (C=O) groups is 1. The van der Waals surface area contributed by atoms with Gasteiger partial charge in [0.25, 0.3) is 0 Å². The summed E-state index contributed by atoms with van der Waals surface area (Å²) in [5, 5.41) is 9.75. The van der Waals surface area contributed by atoms with Crippen LogP contribution in [0.5, 0.6) is 0 Å². The number of hydrogen-bond donors (Lipinski definition) is 2. The molecule has 2 amide bonds. The van der Waals surface area contributed by atoms with Gasteiger partial charge in [0.15, 0.2) is 0 Å². The quantitative estimate of drug-likeness (QED) is 0.856. The first-order chi connectivity index (χ1) is 9.72. The lowest BCUT2D eigenvalue weighted by Crippen LogP contribution is -2.51. The maximum atomic E-state index is 12.2. The third-order valence-electron chi connectivity index (χ3n) is 4.56. The van der Waals surface area contributed by atoms with Crippen LogP contribution in [0.4, 0.5) is 4.79 Å². The third kappa shape index (κ3) is 2.49. The minimum absolute atomic E-state index is 0.00431. The number of ether oxygens (including phenoxy) is 1. The molecule has 2 N–H and O–H groups in total. The molecular formula is C13H21N5O2. The monoisotopic (exact) mass is 279 g/mol.